The molecule has 0 radical (unpaired) electrons. The first-order chi connectivity index (χ1) is 35.2. The number of carbonyl (C=O) groups is 3. The highest BCUT2D eigenvalue weighted by Crippen LogP contribution is 2.65. The van der Waals surface area contributed by atoms with Gasteiger partial charge < -0.3 is 39.8 Å². The summed E-state index contributed by atoms with van der Waals surface area (Å²) >= 11 is 0. The van der Waals surface area contributed by atoms with Crippen LogP contribution < -0.4 is 20.1 Å². The van der Waals surface area contributed by atoms with Crippen LogP contribution >= 0.6 is 0 Å². The lowest BCUT2D eigenvalue weighted by Crippen LogP contribution is -2.63. The second-order valence-corrected chi connectivity index (χ2v) is 21.3. The quantitative estimate of drug-likeness (QED) is 0.0794. The predicted molar refractivity (Wildman–Crippen MR) is 282 cm³/mol. The highest BCUT2D eigenvalue weighted by molar-refractivity contribution is 6.19. The van der Waals surface area contributed by atoms with Crippen molar-refractivity contribution in [1.29, 1.82) is 0 Å². The molecule has 4 aliphatic rings. The lowest BCUT2D eigenvalue weighted by molar-refractivity contribution is -0.146. The van der Waals surface area contributed by atoms with Crippen LogP contribution in [0.3, 0.4) is 0 Å². The molecule has 2 aliphatic heterocycles. The fourth-order valence-electron chi connectivity index (χ4n) is 12.9. The molecule has 0 amide bonds. The molecule has 0 aromatic heterocycles. The van der Waals surface area contributed by atoms with Crippen LogP contribution in [0.15, 0.2) is 119 Å². The van der Waals surface area contributed by atoms with Crippen LogP contribution in [-0.2, 0) is 14.3 Å². The van der Waals surface area contributed by atoms with E-state index in [2.05, 4.69) is 10.6 Å². The topological polar surface area (TPSA) is 153 Å². The van der Waals surface area contributed by atoms with Crippen LogP contribution in [0.4, 0.5) is 8.78 Å². The molecule has 74 heavy (non-hydrogen) atoms. The van der Waals surface area contributed by atoms with Gasteiger partial charge in [0.2, 0.25) is 0 Å². The molecule has 2 heterocycles. The average molecular weight is 1010 g/mol. The van der Waals surface area contributed by atoms with Crippen LogP contribution in [0.1, 0.15) is 109 Å². The molecule has 0 saturated carbocycles. The minimum absolute atomic E-state index is 0.0374. The number of piperidine rings is 2. The fraction of sp³-hybridized carbons (Fsp3) is 0.426. The minimum Gasteiger partial charge on any atom is -0.497 e. The first-order valence-electron chi connectivity index (χ1n) is 25.6. The number of aliphatic hydroxyl groups is 2. The predicted octanol–water partition coefficient (Wildman–Crippen LogP) is 10.3. The summed E-state index contributed by atoms with van der Waals surface area (Å²) < 4.78 is 56.4. The van der Waals surface area contributed by atoms with Crippen molar-refractivity contribution in [2.24, 2.45) is 22.7 Å². The standard InChI is InChI=1S/C61H70F2N2O9/c1-35-43(23-13-25-47(35)62)49-45(51(66)37-17-11-21-41(29-37)71-7)31-60(39-19-15-27-64-33-39,55(53(49)73-9)58(3,4)69)57(68)61(40-20-16-28-65-34-40)32-46(52(67)38-18-12-22-42(30-38)72-8)50(44-24-14-26-48(63)36(44)2)54(74-10)56(61)59(5,6)70/h11-14,17-18,21-26,29-30,39-40,64-65,69-70H,15-16,19-20,27-28,31-34H2,1-10H3/t39?,40?,60-,61-/m1/s1. The Kier molecular flexibility index (Phi) is 15.5. The molecule has 13 heteroatoms. The maximum Gasteiger partial charge on any atom is 0.189 e. The van der Waals surface area contributed by atoms with Gasteiger partial charge in [-0.05, 0) is 177 Å². The first-order valence-corrected chi connectivity index (χ1v) is 25.6. The Morgan fingerprint density at radius 1 is 0.581 bits per heavy atom. The lowest BCUT2D eigenvalue weighted by atomic mass is 9.45. The average Bonchev–Trinajstić information content (AvgIpc) is 3.40. The second-order valence-electron chi connectivity index (χ2n) is 21.3. The molecule has 2 saturated heterocycles. The molecule has 2 aliphatic carbocycles. The number of ether oxygens (including phenoxy) is 4. The molecule has 8 rings (SSSR count). The van der Waals surface area contributed by atoms with Gasteiger partial charge in [-0.15, -0.1) is 0 Å². The van der Waals surface area contributed by atoms with Gasteiger partial charge in [-0.2, -0.15) is 0 Å². The van der Waals surface area contributed by atoms with E-state index in [0.717, 1.165) is 0 Å². The molecule has 0 spiro atoms. The molecule has 4 atom stereocenters. The van der Waals surface area contributed by atoms with Crippen molar-refractivity contribution < 1.29 is 52.3 Å². The van der Waals surface area contributed by atoms with Crippen molar-refractivity contribution in [3.8, 4) is 11.5 Å². The van der Waals surface area contributed by atoms with E-state index in [0.29, 0.717) is 61.4 Å². The Hall–Kier alpha value is -6.25. The van der Waals surface area contributed by atoms with E-state index >= 15 is 23.2 Å². The summed E-state index contributed by atoms with van der Waals surface area (Å²) in [5, 5.41) is 33.4. The maximum absolute atomic E-state index is 18.3. The summed E-state index contributed by atoms with van der Waals surface area (Å²) in [7, 11) is 5.86. The normalized spacial score (nSPS) is 22.9. The molecular weight excluding hydrogens is 943 g/mol. The third-order valence-electron chi connectivity index (χ3n) is 16.0. The number of ketones is 3. The Morgan fingerprint density at radius 3 is 1.28 bits per heavy atom. The molecule has 11 nitrogen and oxygen atoms in total. The number of carbonyl (C=O) groups excluding carboxylic acids is 3. The number of Topliss-reactive ketones (excluding diaryl/α,β-unsaturated/α-hetero) is 3. The molecule has 4 aromatic carbocycles. The Balaban J connectivity index is 1.57. The SMILES string of the molecule is COC1=C(C(C)(C)O)[C@](C(=O)[C@@]2(C3CCCNC3)CC(C(=O)c3cccc(OC)c3)=C(c3cccc(F)c3C)C(OC)=C2C(C)(C)O)(C2CCCNC2)CC(C(=O)c2cccc(OC)c2)=C1c1cccc(F)c1C. The van der Waals surface area contributed by atoms with Crippen molar-refractivity contribution >= 4 is 28.5 Å². The van der Waals surface area contributed by atoms with Gasteiger partial charge in [0, 0.05) is 44.6 Å². The number of benzene rings is 4. The van der Waals surface area contributed by atoms with E-state index in [-0.39, 0.29) is 93.1 Å². The number of nitrogens with one attached hydrogen (secondary N) is 2. The van der Waals surface area contributed by atoms with Crippen molar-refractivity contribution in [1.82, 2.24) is 10.6 Å². The van der Waals surface area contributed by atoms with E-state index in [9.17, 15) is 10.2 Å². The molecule has 2 fully saturated rings. The molecule has 0 bridgehead atoms. The fourth-order valence-corrected chi connectivity index (χ4v) is 12.9. The van der Waals surface area contributed by atoms with Gasteiger partial charge in [0.15, 0.2) is 17.3 Å². The molecule has 4 aromatic rings. The van der Waals surface area contributed by atoms with E-state index in [1.54, 1.807) is 114 Å². The van der Waals surface area contributed by atoms with Gasteiger partial charge in [-0.25, -0.2) is 8.78 Å². The summed E-state index contributed by atoms with van der Waals surface area (Å²) in [5.74, 6) is -2.85. The third-order valence-corrected chi connectivity index (χ3v) is 16.0. The van der Waals surface area contributed by atoms with Crippen LogP contribution in [-0.4, -0.2) is 93.4 Å². The highest BCUT2D eigenvalue weighted by Gasteiger charge is 2.67. The Bertz CT molecular complexity index is 2800. The number of rotatable bonds is 16. The van der Waals surface area contributed by atoms with Crippen molar-refractivity contribution in [2.75, 3.05) is 54.6 Å². The summed E-state index contributed by atoms with van der Waals surface area (Å²) in [6.07, 6.45) is 1.57. The van der Waals surface area contributed by atoms with Gasteiger partial charge in [-0.1, -0.05) is 48.5 Å². The second kappa shape index (κ2) is 21.2. The smallest absolute Gasteiger partial charge is 0.189 e. The number of halogens is 2. The van der Waals surface area contributed by atoms with Crippen LogP contribution in [0.2, 0.25) is 0 Å². The Labute approximate surface area is 433 Å². The van der Waals surface area contributed by atoms with E-state index in [1.165, 1.54) is 40.6 Å². The van der Waals surface area contributed by atoms with Gasteiger partial charge in [0.25, 0.3) is 0 Å². The first kappa shape index (κ1) is 54.0. The summed E-state index contributed by atoms with van der Waals surface area (Å²) in [6, 6.07) is 22.6. The molecule has 392 valence electrons. The largest absolute Gasteiger partial charge is 0.497 e. The van der Waals surface area contributed by atoms with Crippen molar-refractivity contribution in [3.63, 3.8) is 0 Å². The minimum atomic E-state index is -1.88. The molecule has 4 N–H and O–H groups in total. The van der Waals surface area contributed by atoms with Crippen molar-refractivity contribution in [3.05, 3.63) is 164 Å². The van der Waals surface area contributed by atoms with E-state index in [4.69, 9.17) is 18.9 Å². The van der Waals surface area contributed by atoms with E-state index < -0.39 is 62.9 Å². The third kappa shape index (κ3) is 9.35. The van der Waals surface area contributed by atoms with Crippen molar-refractivity contribution in [2.45, 2.75) is 91.3 Å². The zero-order valence-electron chi connectivity index (χ0n) is 44.3. The monoisotopic (exact) mass is 1010 g/mol. The Morgan fingerprint density at radius 2 is 0.959 bits per heavy atom. The zero-order valence-corrected chi connectivity index (χ0v) is 44.3. The number of hydrogen-bond acceptors (Lipinski definition) is 11. The van der Waals surface area contributed by atoms with Gasteiger partial charge in [0.1, 0.15) is 34.7 Å². The summed E-state index contributed by atoms with van der Waals surface area (Å²) in [5.41, 5.74) is -4.78. The van der Waals surface area contributed by atoms with E-state index in [1.807, 2.05) is 0 Å². The summed E-state index contributed by atoms with van der Waals surface area (Å²) in [6.45, 7) is 11.4. The lowest BCUT2D eigenvalue weighted by Gasteiger charge is -2.57. The van der Waals surface area contributed by atoms with Crippen LogP contribution in [0, 0.1) is 48.1 Å². The summed E-state index contributed by atoms with van der Waals surface area (Å²) in [4.78, 5) is 50.1. The van der Waals surface area contributed by atoms with Gasteiger partial charge >= 0.3 is 0 Å². The molecular formula is C61H70F2N2O9. The zero-order chi connectivity index (χ0) is 53.5. The molecule has 2 unspecified atom stereocenters. The van der Waals surface area contributed by atoms with Crippen LogP contribution in [0.25, 0.3) is 11.1 Å². The number of hydrogen-bond donors (Lipinski definition) is 4. The number of allylic oxidation sites excluding steroid dienone is 4. The highest BCUT2D eigenvalue weighted by atomic mass is 19.1. The van der Waals surface area contributed by atoms with Gasteiger partial charge in [0.05, 0.1) is 50.5 Å². The number of methoxy groups -OCH3 is 4. The van der Waals surface area contributed by atoms with Crippen LogP contribution in [0.5, 0.6) is 11.5 Å². The maximum atomic E-state index is 18.3. The van der Waals surface area contributed by atoms with Gasteiger partial charge in [-0.3, -0.25) is 14.4 Å².